The van der Waals surface area contributed by atoms with E-state index >= 15 is 0 Å². The summed E-state index contributed by atoms with van der Waals surface area (Å²) in [6, 6.07) is 1.43. The fourth-order valence-electron chi connectivity index (χ4n) is 2.01. The van der Waals surface area contributed by atoms with E-state index in [1.165, 1.54) is 12.5 Å². The van der Waals surface area contributed by atoms with Crippen molar-refractivity contribution in [1.29, 1.82) is 0 Å². The Kier molecular flexibility index (Phi) is 4.36. The Balaban J connectivity index is 2.15. The zero-order chi connectivity index (χ0) is 12.5. The van der Waals surface area contributed by atoms with Gasteiger partial charge in [0.2, 0.25) is 10.0 Å². The van der Waals surface area contributed by atoms with E-state index in [0.717, 1.165) is 37.0 Å². The second-order valence-electron chi connectivity index (χ2n) is 4.14. The molecule has 96 valence electrons. The lowest BCUT2D eigenvalue weighted by Gasteiger charge is -2.22. The second-order valence-corrected chi connectivity index (χ2v) is 8.11. The number of hydrogen-bond acceptors (Lipinski definition) is 3. The first kappa shape index (κ1) is 13.6. The van der Waals surface area contributed by atoms with Gasteiger partial charge < -0.3 is 0 Å². The molecule has 7 heteroatoms. The van der Waals surface area contributed by atoms with Gasteiger partial charge in [0.05, 0.1) is 4.34 Å². The predicted molar refractivity (Wildman–Crippen MR) is 71.5 cm³/mol. The Morgan fingerprint density at radius 2 is 1.88 bits per heavy atom. The van der Waals surface area contributed by atoms with Crippen molar-refractivity contribution in [2.75, 3.05) is 0 Å². The van der Waals surface area contributed by atoms with Gasteiger partial charge in [0, 0.05) is 6.04 Å². The molecule has 0 unspecified atom stereocenters. The van der Waals surface area contributed by atoms with Crippen molar-refractivity contribution in [2.45, 2.75) is 43.0 Å². The number of hydrogen-bond donors (Lipinski definition) is 1. The lowest BCUT2D eigenvalue weighted by atomic mass is 9.96. The summed E-state index contributed by atoms with van der Waals surface area (Å²) in [5.74, 6) is 0. The van der Waals surface area contributed by atoms with Crippen LogP contribution >= 0.6 is 34.5 Å². The molecule has 1 heterocycles. The van der Waals surface area contributed by atoms with E-state index in [9.17, 15) is 8.42 Å². The fraction of sp³-hybridized carbons (Fsp3) is 0.600. The van der Waals surface area contributed by atoms with Gasteiger partial charge in [-0.3, -0.25) is 0 Å². The van der Waals surface area contributed by atoms with E-state index in [0.29, 0.717) is 4.34 Å². The molecule has 1 aliphatic carbocycles. The minimum Gasteiger partial charge on any atom is -0.208 e. The molecule has 1 aromatic heterocycles. The normalized spacial score (nSPS) is 18.5. The molecule has 3 nitrogen and oxygen atoms in total. The van der Waals surface area contributed by atoms with E-state index in [4.69, 9.17) is 23.2 Å². The maximum atomic E-state index is 12.1. The Bertz CT molecular complexity index is 492. The molecule has 1 saturated carbocycles. The topological polar surface area (TPSA) is 46.2 Å². The number of sulfonamides is 1. The van der Waals surface area contributed by atoms with Gasteiger partial charge in [0.1, 0.15) is 9.23 Å². The minimum absolute atomic E-state index is 0.0310. The molecule has 2 rings (SSSR count). The van der Waals surface area contributed by atoms with E-state index < -0.39 is 10.0 Å². The smallest absolute Gasteiger partial charge is 0.208 e. The molecule has 0 aromatic carbocycles. The molecule has 0 aliphatic heterocycles. The molecule has 0 atom stereocenters. The zero-order valence-electron chi connectivity index (χ0n) is 9.08. The lowest BCUT2D eigenvalue weighted by Crippen LogP contribution is -2.36. The average molecular weight is 314 g/mol. The summed E-state index contributed by atoms with van der Waals surface area (Å²) in [5.41, 5.74) is 0. The van der Waals surface area contributed by atoms with Crippen LogP contribution in [0.4, 0.5) is 0 Å². The molecule has 1 aliphatic rings. The van der Waals surface area contributed by atoms with Gasteiger partial charge in [0.25, 0.3) is 0 Å². The SMILES string of the molecule is O=S(=O)(NC1CCCCC1)c1cc(Cl)sc1Cl. The molecule has 0 spiro atoms. The van der Waals surface area contributed by atoms with Crippen LogP contribution < -0.4 is 4.72 Å². The number of rotatable bonds is 3. The van der Waals surface area contributed by atoms with Crippen LogP contribution in [0.5, 0.6) is 0 Å². The van der Waals surface area contributed by atoms with Crippen LogP contribution in [-0.2, 0) is 10.0 Å². The van der Waals surface area contributed by atoms with Crippen LogP contribution in [0, 0.1) is 0 Å². The van der Waals surface area contributed by atoms with Gasteiger partial charge >= 0.3 is 0 Å². The molecule has 0 amide bonds. The van der Waals surface area contributed by atoms with Crippen LogP contribution in [0.15, 0.2) is 11.0 Å². The fourth-order valence-corrected chi connectivity index (χ4v) is 5.47. The first-order chi connectivity index (χ1) is 7.99. The first-order valence-electron chi connectivity index (χ1n) is 5.46. The van der Waals surface area contributed by atoms with Crippen molar-refractivity contribution in [3.05, 3.63) is 14.7 Å². The second kappa shape index (κ2) is 5.45. The molecule has 17 heavy (non-hydrogen) atoms. The summed E-state index contributed by atoms with van der Waals surface area (Å²) in [6.45, 7) is 0. The van der Waals surface area contributed by atoms with Gasteiger partial charge in [0.15, 0.2) is 0 Å². The van der Waals surface area contributed by atoms with Gasteiger partial charge in [-0.2, -0.15) is 0 Å². The highest BCUT2D eigenvalue weighted by atomic mass is 35.5. The zero-order valence-corrected chi connectivity index (χ0v) is 12.2. The van der Waals surface area contributed by atoms with Crippen LogP contribution in [0.1, 0.15) is 32.1 Å². The molecule has 1 aromatic rings. The van der Waals surface area contributed by atoms with E-state index in [1.54, 1.807) is 0 Å². The van der Waals surface area contributed by atoms with Gasteiger partial charge in [-0.25, -0.2) is 13.1 Å². The third-order valence-electron chi connectivity index (χ3n) is 2.84. The highest BCUT2D eigenvalue weighted by molar-refractivity contribution is 7.89. The van der Waals surface area contributed by atoms with E-state index in [-0.39, 0.29) is 15.3 Å². The monoisotopic (exact) mass is 313 g/mol. The molecule has 0 bridgehead atoms. The summed E-state index contributed by atoms with van der Waals surface area (Å²) in [5, 5.41) is 0. The third kappa shape index (κ3) is 3.35. The standard InChI is InChI=1S/C10H13Cl2NO2S2/c11-9-6-8(10(12)16-9)17(14,15)13-7-4-2-1-3-5-7/h6-7,13H,1-5H2. The largest absolute Gasteiger partial charge is 0.243 e. The first-order valence-corrected chi connectivity index (χ1v) is 8.52. The number of halogens is 2. The average Bonchev–Trinajstić information content (AvgIpc) is 2.59. The molecular weight excluding hydrogens is 301 g/mol. The Morgan fingerprint density at radius 3 is 2.41 bits per heavy atom. The summed E-state index contributed by atoms with van der Waals surface area (Å²) in [6.07, 6.45) is 5.13. The molecule has 1 N–H and O–H groups in total. The van der Waals surface area contributed by atoms with Crippen molar-refractivity contribution in [3.63, 3.8) is 0 Å². The molecular formula is C10H13Cl2NO2S2. The van der Waals surface area contributed by atoms with Crippen LogP contribution in [0.3, 0.4) is 0 Å². The highest BCUT2D eigenvalue weighted by Crippen LogP contribution is 2.34. The lowest BCUT2D eigenvalue weighted by molar-refractivity contribution is 0.412. The molecule has 1 fully saturated rings. The van der Waals surface area contributed by atoms with Crippen LogP contribution in [0.25, 0.3) is 0 Å². The summed E-state index contributed by atoms with van der Waals surface area (Å²) >= 11 is 12.7. The summed E-state index contributed by atoms with van der Waals surface area (Å²) in [7, 11) is -3.53. The number of nitrogens with one attached hydrogen (secondary N) is 1. The molecule has 0 saturated heterocycles. The van der Waals surface area contributed by atoms with Crippen LogP contribution in [0.2, 0.25) is 8.67 Å². The van der Waals surface area contributed by atoms with Gasteiger partial charge in [-0.05, 0) is 18.9 Å². The highest BCUT2D eigenvalue weighted by Gasteiger charge is 2.25. The minimum atomic E-state index is -3.53. The Labute approximate surface area is 115 Å². The third-order valence-corrected chi connectivity index (χ3v) is 6.12. The van der Waals surface area contributed by atoms with E-state index in [1.807, 2.05) is 0 Å². The van der Waals surface area contributed by atoms with Crippen molar-refractivity contribution in [2.24, 2.45) is 0 Å². The summed E-state index contributed by atoms with van der Waals surface area (Å²) in [4.78, 5) is 0.0970. The summed E-state index contributed by atoms with van der Waals surface area (Å²) < 4.78 is 27.5. The maximum absolute atomic E-state index is 12.1. The van der Waals surface area contributed by atoms with Crippen molar-refractivity contribution >= 4 is 44.6 Å². The van der Waals surface area contributed by atoms with Gasteiger partial charge in [-0.15, -0.1) is 11.3 Å². The van der Waals surface area contributed by atoms with Gasteiger partial charge in [-0.1, -0.05) is 42.5 Å². The van der Waals surface area contributed by atoms with E-state index in [2.05, 4.69) is 4.72 Å². The number of thiophene rings is 1. The predicted octanol–water partition coefficient (Wildman–Crippen LogP) is 3.67. The maximum Gasteiger partial charge on any atom is 0.243 e. The van der Waals surface area contributed by atoms with Crippen LogP contribution in [-0.4, -0.2) is 14.5 Å². The quantitative estimate of drug-likeness (QED) is 0.925. The van der Waals surface area contributed by atoms with Crippen molar-refractivity contribution in [3.8, 4) is 0 Å². The Morgan fingerprint density at radius 1 is 1.24 bits per heavy atom. The Hall–Kier alpha value is 0.190. The van der Waals surface area contributed by atoms with Crippen molar-refractivity contribution in [1.82, 2.24) is 4.72 Å². The van der Waals surface area contributed by atoms with Crippen molar-refractivity contribution < 1.29 is 8.42 Å². The molecule has 0 radical (unpaired) electrons.